The van der Waals surface area contributed by atoms with Gasteiger partial charge in [-0.2, -0.15) is 10.5 Å². The van der Waals surface area contributed by atoms with E-state index < -0.39 is 22.3 Å². The number of ether oxygens (including phenoxy) is 2. The largest absolute Gasteiger partial charge is 0.344 e. The maximum atomic E-state index is 9.40. The van der Waals surface area contributed by atoms with Gasteiger partial charge < -0.3 is 9.47 Å². The van der Waals surface area contributed by atoms with E-state index in [9.17, 15) is 10.5 Å². The molecule has 0 heterocycles. The van der Waals surface area contributed by atoms with Crippen molar-refractivity contribution in [3.05, 3.63) is 0 Å². The van der Waals surface area contributed by atoms with E-state index in [-0.39, 0.29) is 0 Å². The summed E-state index contributed by atoms with van der Waals surface area (Å²) in [5.41, 5.74) is -4.16. The number of azo groups is 1. The van der Waals surface area contributed by atoms with Crippen LogP contribution >= 0.6 is 0 Å². The van der Waals surface area contributed by atoms with Crippen LogP contribution in [-0.4, -0.2) is 25.7 Å². The van der Waals surface area contributed by atoms with Crippen LogP contribution in [0, 0.1) is 33.5 Å². The van der Waals surface area contributed by atoms with Crippen molar-refractivity contribution >= 4 is 0 Å². The molecular formula is C14H24N4O2. The fourth-order valence-corrected chi connectivity index (χ4v) is 1.61. The molecule has 0 aromatic carbocycles. The van der Waals surface area contributed by atoms with Gasteiger partial charge in [0.15, 0.2) is 0 Å². The minimum atomic E-state index is -1.47. The first kappa shape index (κ1) is 18.5. The van der Waals surface area contributed by atoms with Crippen molar-refractivity contribution in [2.45, 2.75) is 53.0 Å². The van der Waals surface area contributed by atoms with E-state index in [1.165, 1.54) is 14.2 Å². The first-order chi connectivity index (χ1) is 8.95. The van der Waals surface area contributed by atoms with E-state index in [2.05, 4.69) is 10.2 Å². The standard InChI is InChI=1S/C14H24N4O2/c1-11(2,3)13(9-15,19-7)17-18-14(10-16,20-8)12(4,5)6/h1-8H3. The van der Waals surface area contributed by atoms with Crippen molar-refractivity contribution in [1.29, 1.82) is 10.5 Å². The Kier molecular flexibility index (Phi) is 5.43. The molecule has 6 heteroatoms. The van der Waals surface area contributed by atoms with E-state index in [0.717, 1.165) is 0 Å². The van der Waals surface area contributed by atoms with Crippen LogP contribution in [0.2, 0.25) is 0 Å². The molecule has 0 saturated carbocycles. The lowest BCUT2D eigenvalue weighted by Crippen LogP contribution is -2.45. The van der Waals surface area contributed by atoms with Crippen molar-refractivity contribution in [2.24, 2.45) is 21.1 Å². The molecule has 112 valence electrons. The molecule has 2 unspecified atom stereocenters. The van der Waals surface area contributed by atoms with Crippen LogP contribution in [0.3, 0.4) is 0 Å². The Bertz CT molecular complexity index is 406. The number of nitrogens with zero attached hydrogens (tertiary/aromatic N) is 4. The number of hydrogen-bond acceptors (Lipinski definition) is 6. The fraction of sp³-hybridized carbons (Fsp3) is 0.857. The molecule has 0 aliphatic heterocycles. The smallest absolute Gasteiger partial charge is 0.271 e. The predicted molar refractivity (Wildman–Crippen MR) is 74.5 cm³/mol. The summed E-state index contributed by atoms with van der Waals surface area (Å²) in [5.74, 6) is 0. The Morgan fingerprint density at radius 2 is 0.950 bits per heavy atom. The van der Waals surface area contributed by atoms with Gasteiger partial charge >= 0.3 is 0 Å². The quantitative estimate of drug-likeness (QED) is 0.739. The zero-order valence-electron chi connectivity index (χ0n) is 13.6. The first-order valence-electron chi connectivity index (χ1n) is 6.32. The Hall–Kier alpha value is -1.50. The Morgan fingerprint density at radius 3 is 1.05 bits per heavy atom. The van der Waals surface area contributed by atoms with Crippen LogP contribution in [0.1, 0.15) is 41.5 Å². The fourth-order valence-electron chi connectivity index (χ4n) is 1.61. The van der Waals surface area contributed by atoms with Crippen LogP contribution in [0.25, 0.3) is 0 Å². The van der Waals surface area contributed by atoms with Crippen molar-refractivity contribution in [1.82, 2.24) is 0 Å². The lowest BCUT2D eigenvalue weighted by molar-refractivity contribution is -0.0737. The number of hydrogen-bond donors (Lipinski definition) is 0. The second-order valence-electron chi connectivity index (χ2n) is 6.62. The minimum absolute atomic E-state index is 0.604. The predicted octanol–water partition coefficient (Wildman–Crippen LogP) is 3.26. The van der Waals surface area contributed by atoms with Crippen LogP contribution in [-0.2, 0) is 9.47 Å². The zero-order chi connectivity index (χ0) is 16.2. The first-order valence-corrected chi connectivity index (χ1v) is 6.32. The number of nitriles is 2. The Morgan fingerprint density at radius 1 is 0.700 bits per heavy atom. The summed E-state index contributed by atoms with van der Waals surface area (Å²) >= 11 is 0. The van der Waals surface area contributed by atoms with Gasteiger partial charge in [0.25, 0.3) is 11.4 Å². The third-order valence-corrected chi connectivity index (χ3v) is 3.26. The van der Waals surface area contributed by atoms with E-state index in [4.69, 9.17) is 9.47 Å². The lowest BCUT2D eigenvalue weighted by Gasteiger charge is -2.36. The van der Waals surface area contributed by atoms with Gasteiger partial charge in [-0.1, -0.05) is 41.5 Å². The summed E-state index contributed by atoms with van der Waals surface area (Å²) in [7, 11) is 2.79. The highest BCUT2D eigenvalue weighted by Gasteiger charge is 2.48. The highest BCUT2D eigenvalue weighted by atomic mass is 16.5. The monoisotopic (exact) mass is 280 g/mol. The molecule has 0 rings (SSSR count). The molecule has 6 nitrogen and oxygen atoms in total. The maximum Gasteiger partial charge on any atom is 0.271 e. The molecule has 0 N–H and O–H groups in total. The summed E-state index contributed by atoms with van der Waals surface area (Å²) in [6.45, 7) is 10.9. The molecule has 0 aromatic heterocycles. The maximum absolute atomic E-state index is 9.40. The van der Waals surface area contributed by atoms with E-state index in [1.54, 1.807) is 0 Å². The van der Waals surface area contributed by atoms with Gasteiger partial charge in [0.2, 0.25) is 0 Å². The zero-order valence-corrected chi connectivity index (χ0v) is 13.6. The third-order valence-electron chi connectivity index (χ3n) is 3.26. The Balaban J connectivity index is 5.89. The molecule has 0 aromatic rings. The second kappa shape index (κ2) is 5.87. The van der Waals surface area contributed by atoms with Gasteiger partial charge in [0.1, 0.15) is 12.1 Å². The molecule has 0 amide bonds. The van der Waals surface area contributed by atoms with Crippen molar-refractivity contribution in [3.8, 4) is 12.1 Å². The molecular weight excluding hydrogens is 256 g/mol. The third kappa shape index (κ3) is 3.15. The average molecular weight is 280 g/mol. The van der Waals surface area contributed by atoms with E-state index >= 15 is 0 Å². The van der Waals surface area contributed by atoms with Crippen LogP contribution < -0.4 is 0 Å². The van der Waals surface area contributed by atoms with Gasteiger partial charge in [-0.25, -0.2) is 0 Å². The van der Waals surface area contributed by atoms with Crippen molar-refractivity contribution in [3.63, 3.8) is 0 Å². The van der Waals surface area contributed by atoms with Crippen LogP contribution in [0.5, 0.6) is 0 Å². The van der Waals surface area contributed by atoms with Gasteiger partial charge in [-0.05, 0) is 0 Å². The molecule has 0 saturated heterocycles. The average Bonchev–Trinajstić information content (AvgIpc) is 2.32. The summed E-state index contributed by atoms with van der Waals surface area (Å²) in [6, 6.07) is 4.06. The topological polar surface area (TPSA) is 90.8 Å². The van der Waals surface area contributed by atoms with E-state index in [0.29, 0.717) is 0 Å². The highest BCUT2D eigenvalue weighted by molar-refractivity contribution is 5.10. The molecule has 0 fully saturated rings. The molecule has 2 atom stereocenters. The molecule has 20 heavy (non-hydrogen) atoms. The normalized spacial score (nSPS) is 18.9. The van der Waals surface area contributed by atoms with E-state index in [1.807, 2.05) is 53.7 Å². The summed E-state index contributed by atoms with van der Waals surface area (Å²) in [4.78, 5) is 0. The summed E-state index contributed by atoms with van der Waals surface area (Å²) in [6.07, 6.45) is 0. The van der Waals surface area contributed by atoms with Gasteiger partial charge in [-0.15, -0.1) is 10.2 Å². The SMILES string of the molecule is COC(C#N)(N=NC(C#N)(OC)C(C)(C)C)C(C)(C)C. The molecule has 0 aliphatic carbocycles. The molecule has 0 aliphatic rings. The Labute approximate surface area is 121 Å². The lowest BCUT2D eigenvalue weighted by atomic mass is 9.83. The van der Waals surface area contributed by atoms with Gasteiger partial charge in [0.05, 0.1) is 0 Å². The molecule has 0 spiro atoms. The van der Waals surface area contributed by atoms with Crippen molar-refractivity contribution in [2.75, 3.05) is 14.2 Å². The summed E-state index contributed by atoms with van der Waals surface area (Å²) in [5, 5.41) is 26.9. The van der Waals surface area contributed by atoms with Gasteiger partial charge in [0, 0.05) is 25.0 Å². The molecule has 0 bridgehead atoms. The number of methoxy groups -OCH3 is 2. The van der Waals surface area contributed by atoms with Crippen LogP contribution in [0.4, 0.5) is 0 Å². The van der Waals surface area contributed by atoms with Crippen LogP contribution in [0.15, 0.2) is 10.2 Å². The second-order valence-corrected chi connectivity index (χ2v) is 6.62. The molecule has 0 radical (unpaired) electrons. The van der Waals surface area contributed by atoms with Gasteiger partial charge in [-0.3, -0.25) is 0 Å². The summed E-state index contributed by atoms with van der Waals surface area (Å²) < 4.78 is 10.5. The van der Waals surface area contributed by atoms with Crippen molar-refractivity contribution < 1.29 is 9.47 Å². The minimum Gasteiger partial charge on any atom is -0.344 e. The number of rotatable bonds is 4. The highest BCUT2D eigenvalue weighted by Crippen LogP contribution is 2.39.